The lowest BCUT2D eigenvalue weighted by Gasteiger charge is -2.10. The first kappa shape index (κ1) is 12.0. The molecule has 0 radical (unpaired) electrons. The van der Waals surface area contributed by atoms with Crippen molar-refractivity contribution in [3.8, 4) is 0 Å². The first-order valence-electron chi connectivity index (χ1n) is 4.66. The summed E-state index contributed by atoms with van der Waals surface area (Å²) in [5.41, 5.74) is 5.78. The van der Waals surface area contributed by atoms with E-state index in [9.17, 15) is 0 Å². The number of hydrogen-bond acceptors (Lipinski definition) is 5. The molecule has 0 aliphatic heterocycles. The summed E-state index contributed by atoms with van der Waals surface area (Å²) >= 11 is 6.80. The summed E-state index contributed by atoms with van der Waals surface area (Å²) in [6.07, 6.45) is 5.12. The summed E-state index contributed by atoms with van der Waals surface area (Å²) in [6.45, 7) is 0.591. The average Bonchev–Trinajstić information content (AvgIpc) is 2.74. The normalized spacial score (nSPS) is 12.6. The van der Waals surface area contributed by atoms with E-state index in [-0.39, 0.29) is 5.25 Å². The van der Waals surface area contributed by atoms with E-state index in [1.54, 1.807) is 41.7 Å². The molecule has 0 aliphatic rings. The van der Waals surface area contributed by atoms with Gasteiger partial charge in [0.25, 0.3) is 0 Å². The Morgan fingerprint density at radius 1 is 1.50 bits per heavy atom. The van der Waals surface area contributed by atoms with Crippen molar-refractivity contribution in [3.05, 3.63) is 39.4 Å². The standard InChI is InChI=1S/C10H10BrN3S2/c11-7-3-8(15-6-7)9(4-12)16-10-5-13-1-2-14-10/h1-3,5-6,9H,4,12H2. The van der Waals surface area contributed by atoms with E-state index >= 15 is 0 Å². The molecular formula is C10H10BrN3S2. The molecule has 0 saturated carbocycles. The number of halogens is 1. The van der Waals surface area contributed by atoms with E-state index < -0.39 is 0 Å². The smallest absolute Gasteiger partial charge is 0.115 e. The van der Waals surface area contributed by atoms with Crippen LogP contribution < -0.4 is 5.73 Å². The molecule has 0 bridgehead atoms. The van der Waals surface area contributed by atoms with Crippen LogP contribution in [0.1, 0.15) is 10.1 Å². The van der Waals surface area contributed by atoms with E-state index in [0.717, 1.165) is 9.50 Å². The van der Waals surface area contributed by atoms with E-state index in [1.807, 2.05) is 0 Å². The van der Waals surface area contributed by atoms with Gasteiger partial charge in [0.05, 0.1) is 11.4 Å². The molecule has 0 aliphatic carbocycles. The van der Waals surface area contributed by atoms with Gasteiger partial charge in [-0.15, -0.1) is 11.3 Å². The second kappa shape index (κ2) is 5.77. The number of hydrogen-bond donors (Lipinski definition) is 1. The minimum atomic E-state index is 0.244. The van der Waals surface area contributed by atoms with E-state index in [1.165, 1.54) is 4.88 Å². The molecule has 3 nitrogen and oxygen atoms in total. The van der Waals surface area contributed by atoms with Crippen molar-refractivity contribution >= 4 is 39.0 Å². The second-order valence-electron chi connectivity index (χ2n) is 3.05. The Balaban J connectivity index is 2.12. The molecule has 0 amide bonds. The van der Waals surface area contributed by atoms with Crippen LogP contribution in [0.5, 0.6) is 0 Å². The highest BCUT2D eigenvalue weighted by molar-refractivity contribution is 9.10. The third kappa shape index (κ3) is 3.04. The van der Waals surface area contributed by atoms with Crippen LogP contribution in [-0.4, -0.2) is 16.5 Å². The highest BCUT2D eigenvalue weighted by Crippen LogP contribution is 2.37. The average molecular weight is 316 g/mol. The summed E-state index contributed by atoms with van der Waals surface area (Å²) in [6, 6.07) is 2.10. The number of rotatable bonds is 4. The molecule has 2 N–H and O–H groups in total. The number of thiophene rings is 1. The van der Waals surface area contributed by atoms with Crippen molar-refractivity contribution < 1.29 is 0 Å². The molecule has 2 rings (SSSR count). The number of aromatic nitrogens is 2. The second-order valence-corrected chi connectivity index (χ2v) is 6.13. The predicted molar refractivity (Wildman–Crippen MR) is 71.7 cm³/mol. The lowest BCUT2D eigenvalue weighted by atomic mass is 10.3. The zero-order valence-corrected chi connectivity index (χ0v) is 11.6. The van der Waals surface area contributed by atoms with Crippen LogP contribution in [0.3, 0.4) is 0 Å². The largest absolute Gasteiger partial charge is 0.329 e. The van der Waals surface area contributed by atoms with Crippen LogP contribution in [0.15, 0.2) is 39.5 Å². The van der Waals surface area contributed by atoms with Gasteiger partial charge in [-0.05, 0) is 22.0 Å². The summed E-state index contributed by atoms with van der Waals surface area (Å²) in [5, 5.41) is 3.21. The Morgan fingerprint density at radius 3 is 2.94 bits per heavy atom. The van der Waals surface area contributed by atoms with Crippen molar-refractivity contribution in [1.29, 1.82) is 0 Å². The van der Waals surface area contributed by atoms with Gasteiger partial charge in [0.15, 0.2) is 0 Å². The lowest BCUT2D eigenvalue weighted by molar-refractivity contribution is 0.947. The van der Waals surface area contributed by atoms with Crippen LogP contribution in [0.25, 0.3) is 0 Å². The molecule has 0 saturated heterocycles. The summed E-state index contributed by atoms with van der Waals surface area (Å²) < 4.78 is 1.10. The quantitative estimate of drug-likeness (QED) is 0.881. The highest BCUT2D eigenvalue weighted by Gasteiger charge is 2.14. The highest BCUT2D eigenvalue weighted by atomic mass is 79.9. The minimum Gasteiger partial charge on any atom is -0.329 e. The zero-order valence-electron chi connectivity index (χ0n) is 8.34. The predicted octanol–water partition coefficient (Wildman–Crippen LogP) is 3.09. The minimum absolute atomic E-state index is 0.244. The van der Waals surface area contributed by atoms with E-state index in [2.05, 4.69) is 37.3 Å². The van der Waals surface area contributed by atoms with Gasteiger partial charge in [0.2, 0.25) is 0 Å². The molecule has 0 aromatic carbocycles. The van der Waals surface area contributed by atoms with Crippen molar-refractivity contribution in [1.82, 2.24) is 9.97 Å². The van der Waals surface area contributed by atoms with Crippen molar-refractivity contribution in [3.63, 3.8) is 0 Å². The van der Waals surface area contributed by atoms with Crippen LogP contribution in [0.2, 0.25) is 0 Å². The van der Waals surface area contributed by atoms with Gasteiger partial charge in [-0.25, -0.2) is 4.98 Å². The van der Waals surface area contributed by atoms with E-state index in [0.29, 0.717) is 6.54 Å². The molecule has 2 aromatic rings. The van der Waals surface area contributed by atoms with Gasteiger partial charge in [-0.3, -0.25) is 4.98 Å². The molecule has 1 atom stereocenters. The Hall–Kier alpha value is -0.430. The Morgan fingerprint density at radius 2 is 2.38 bits per heavy atom. The molecular weight excluding hydrogens is 306 g/mol. The van der Waals surface area contributed by atoms with Gasteiger partial charge < -0.3 is 5.73 Å². The Labute approximate surface area is 111 Å². The van der Waals surface area contributed by atoms with Crippen molar-refractivity contribution in [2.45, 2.75) is 10.3 Å². The molecule has 0 fully saturated rings. The van der Waals surface area contributed by atoms with Crippen LogP contribution in [0, 0.1) is 0 Å². The summed E-state index contributed by atoms with van der Waals surface area (Å²) in [7, 11) is 0. The topological polar surface area (TPSA) is 51.8 Å². The van der Waals surface area contributed by atoms with Gasteiger partial charge in [0, 0.05) is 33.7 Å². The maximum atomic E-state index is 5.78. The van der Waals surface area contributed by atoms with Gasteiger partial charge in [-0.1, -0.05) is 11.8 Å². The van der Waals surface area contributed by atoms with Gasteiger partial charge in [0.1, 0.15) is 5.03 Å². The third-order valence-corrected chi connectivity index (χ3v) is 5.06. The number of thioether (sulfide) groups is 1. The lowest BCUT2D eigenvalue weighted by Crippen LogP contribution is -2.08. The summed E-state index contributed by atoms with van der Waals surface area (Å²) in [5.74, 6) is 0. The van der Waals surface area contributed by atoms with Gasteiger partial charge in [-0.2, -0.15) is 0 Å². The maximum absolute atomic E-state index is 5.78. The van der Waals surface area contributed by atoms with Crippen LogP contribution >= 0.6 is 39.0 Å². The molecule has 6 heteroatoms. The molecule has 2 aromatic heterocycles. The third-order valence-electron chi connectivity index (χ3n) is 1.92. The number of nitrogens with two attached hydrogens (primary N) is 1. The Kier molecular flexibility index (Phi) is 4.34. The number of nitrogens with zero attached hydrogens (tertiary/aromatic N) is 2. The van der Waals surface area contributed by atoms with Crippen LogP contribution in [0.4, 0.5) is 0 Å². The first-order chi connectivity index (χ1) is 7.79. The summed E-state index contributed by atoms with van der Waals surface area (Å²) in [4.78, 5) is 9.53. The molecule has 84 valence electrons. The van der Waals surface area contributed by atoms with Crippen LogP contribution in [-0.2, 0) is 0 Å². The fourth-order valence-corrected chi connectivity index (χ4v) is 3.78. The van der Waals surface area contributed by atoms with E-state index in [4.69, 9.17) is 5.73 Å². The van der Waals surface area contributed by atoms with Crippen molar-refractivity contribution in [2.75, 3.05) is 6.54 Å². The van der Waals surface area contributed by atoms with Gasteiger partial charge >= 0.3 is 0 Å². The molecule has 16 heavy (non-hydrogen) atoms. The Bertz CT molecular complexity index is 446. The first-order valence-corrected chi connectivity index (χ1v) is 7.21. The zero-order chi connectivity index (χ0) is 11.4. The SMILES string of the molecule is NCC(Sc1cnccn1)c1cc(Br)cs1. The van der Waals surface area contributed by atoms with Crippen molar-refractivity contribution in [2.24, 2.45) is 5.73 Å². The fraction of sp³-hybridized carbons (Fsp3) is 0.200. The molecule has 0 spiro atoms. The maximum Gasteiger partial charge on any atom is 0.115 e. The molecule has 2 heterocycles. The molecule has 1 unspecified atom stereocenters. The fourth-order valence-electron chi connectivity index (χ4n) is 1.21. The monoisotopic (exact) mass is 315 g/mol.